The first-order valence-electron chi connectivity index (χ1n) is 9.41. The van der Waals surface area contributed by atoms with Crippen LogP contribution in [0.4, 0.5) is 0 Å². The normalized spacial score (nSPS) is 14.4. The summed E-state index contributed by atoms with van der Waals surface area (Å²) in [5.74, 6) is 1.28. The first-order chi connectivity index (χ1) is 12.3. The second-order valence-corrected chi connectivity index (χ2v) is 6.63. The van der Waals surface area contributed by atoms with Gasteiger partial charge >= 0.3 is 0 Å². The molecule has 1 amide bonds. The Morgan fingerprint density at radius 3 is 2.88 bits per heavy atom. The molecular weight excluding hydrogens is 312 g/mol. The van der Waals surface area contributed by atoms with Gasteiger partial charge in [-0.1, -0.05) is 37.3 Å². The molecule has 0 aliphatic carbocycles. The Hall–Kier alpha value is -2.07. The number of nitrogens with zero attached hydrogens (tertiary/aromatic N) is 1. The van der Waals surface area contributed by atoms with E-state index in [0.717, 1.165) is 64.2 Å². The molecule has 0 unspecified atom stereocenters. The average molecular weight is 340 g/mol. The Morgan fingerprint density at radius 2 is 2.08 bits per heavy atom. The minimum Gasteiger partial charge on any atom is -0.493 e. The lowest BCUT2D eigenvalue weighted by atomic mass is 10.0. The van der Waals surface area contributed by atoms with Crippen molar-refractivity contribution < 1.29 is 9.53 Å². The van der Waals surface area contributed by atoms with Gasteiger partial charge in [-0.3, -0.25) is 4.79 Å². The highest BCUT2D eigenvalue weighted by Crippen LogP contribution is 2.28. The van der Waals surface area contributed by atoms with Gasteiger partial charge in [-0.15, -0.1) is 0 Å². The largest absolute Gasteiger partial charge is 0.493 e. The third kappa shape index (κ3) is 4.51. The Labute approximate surface area is 150 Å². The topological polar surface area (TPSA) is 41.6 Å². The molecule has 134 valence electrons. The van der Waals surface area contributed by atoms with Gasteiger partial charge in [0.15, 0.2) is 0 Å². The van der Waals surface area contributed by atoms with Crippen LogP contribution in [0.1, 0.15) is 38.2 Å². The first kappa shape index (κ1) is 17.7. The number of fused-ring (bicyclic) bond motifs is 1. The van der Waals surface area contributed by atoms with Gasteiger partial charge in [0.05, 0.1) is 6.61 Å². The second-order valence-electron chi connectivity index (χ2n) is 6.63. The lowest BCUT2D eigenvalue weighted by Crippen LogP contribution is -2.28. The SMILES string of the molecule is CCCOc1ccc2ccccc2c1CNCCCN1CCCC1=O. The molecule has 4 heteroatoms. The molecule has 0 atom stereocenters. The molecule has 1 N–H and O–H groups in total. The number of hydrogen-bond donors (Lipinski definition) is 1. The number of ether oxygens (including phenoxy) is 1. The molecule has 0 saturated carbocycles. The molecule has 1 saturated heterocycles. The molecule has 1 aliphatic rings. The van der Waals surface area contributed by atoms with Crippen LogP contribution in [-0.4, -0.2) is 37.0 Å². The predicted octanol–water partition coefficient (Wildman–Crippen LogP) is 3.73. The van der Waals surface area contributed by atoms with E-state index in [9.17, 15) is 4.79 Å². The van der Waals surface area contributed by atoms with Gasteiger partial charge in [-0.2, -0.15) is 0 Å². The maximum absolute atomic E-state index is 11.6. The Morgan fingerprint density at radius 1 is 1.20 bits per heavy atom. The van der Waals surface area contributed by atoms with Gasteiger partial charge in [0, 0.05) is 31.6 Å². The average Bonchev–Trinajstić information content (AvgIpc) is 3.05. The van der Waals surface area contributed by atoms with Crippen LogP contribution in [0, 0.1) is 0 Å². The maximum atomic E-state index is 11.6. The van der Waals surface area contributed by atoms with E-state index in [2.05, 4.69) is 48.6 Å². The summed E-state index contributed by atoms with van der Waals surface area (Å²) in [4.78, 5) is 13.6. The molecule has 2 aromatic carbocycles. The number of hydrogen-bond acceptors (Lipinski definition) is 3. The molecule has 1 fully saturated rings. The van der Waals surface area contributed by atoms with Crippen molar-refractivity contribution in [2.75, 3.05) is 26.2 Å². The highest BCUT2D eigenvalue weighted by atomic mass is 16.5. The highest BCUT2D eigenvalue weighted by Gasteiger charge is 2.18. The quantitative estimate of drug-likeness (QED) is 0.707. The van der Waals surface area contributed by atoms with Gasteiger partial charge < -0.3 is 15.0 Å². The molecule has 0 radical (unpaired) electrons. The molecule has 4 nitrogen and oxygen atoms in total. The lowest BCUT2D eigenvalue weighted by Gasteiger charge is -2.17. The van der Waals surface area contributed by atoms with Crippen molar-refractivity contribution in [2.24, 2.45) is 0 Å². The zero-order valence-corrected chi connectivity index (χ0v) is 15.1. The van der Waals surface area contributed by atoms with Gasteiger partial charge in [-0.25, -0.2) is 0 Å². The summed E-state index contributed by atoms with van der Waals surface area (Å²) in [5.41, 5.74) is 1.23. The summed E-state index contributed by atoms with van der Waals surface area (Å²) in [6, 6.07) is 12.7. The highest BCUT2D eigenvalue weighted by molar-refractivity contribution is 5.87. The third-order valence-electron chi connectivity index (χ3n) is 4.71. The number of carbonyl (C=O) groups is 1. The van der Waals surface area contributed by atoms with E-state index in [1.165, 1.54) is 16.3 Å². The van der Waals surface area contributed by atoms with Gasteiger partial charge in [0.25, 0.3) is 0 Å². The first-order valence-corrected chi connectivity index (χ1v) is 9.41. The summed E-state index contributed by atoms with van der Waals surface area (Å²) in [6.45, 7) is 6.34. The molecule has 2 aromatic rings. The molecule has 1 heterocycles. The van der Waals surface area contributed by atoms with E-state index in [1.807, 2.05) is 4.90 Å². The number of likely N-dealkylation sites (tertiary alicyclic amines) is 1. The number of amides is 1. The van der Waals surface area contributed by atoms with Crippen LogP contribution in [0.25, 0.3) is 10.8 Å². The van der Waals surface area contributed by atoms with Crippen molar-refractivity contribution in [3.63, 3.8) is 0 Å². The van der Waals surface area contributed by atoms with Crippen LogP contribution in [-0.2, 0) is 11.3 Å². The van der Waals surface area contributed by atoms with Crippen LogP contribution in [0.3, 0.4) is 0 Å². The molecule has 0 spiro atoms. The van der Waals surface area contributed by atoms with E-state index in [0.29, 0.717) is 5.91 Å². The van der Waals surface area contributed by atoms with Crippen LogP contribution in [0.5, 0.6) is 5.75 Å². The fourth-order valence-electron chi connectivity index (χ4n) is 3.39. The monoisotopic (exact) mass is 340 g/mol. The van der Waals surface area contributed by atoms with Gasteiger partial charge in [0.2, 0.25) is 5.91 Å². The smallest absolute Gasteiger partial charge is 0.222 e. The zero-order chi connectivity index (χ0) is 17.5. The third-order valence-corrected chi connectivity index (χ3v) is 4.71. The minimum atomic E-state index is 0.310. The fraction of sp³-hybridized carbons (Fsp3) is 0.476. The summed E-state index contributed by atoms with van der Waals surface area (Å²) < 4.78 is 5.95. The van der Waals surface area contributed by atoms with E-state index < -0.39 is 0 Å². The number of benzene rings is 2. The summed E-state index contributed by atoms with van der Waals surface area (Å²) in [6.07, 6.45) is 3.73. The van der Waals surface area contributed by atoms with Crippen molar-refractivity contribution in [1.82, 2.24) is 10.2 Å². The van der Waals surface area contributed by atoms with E-state index in [-0.39, 0.29) is 0 Å². The number of rotatable bonds is 9. The Kier molecular flexibility index (Phi) is 6.29. The fourth-order valence-corrected chi connectivity index (χ4v) is 3.39. The molecule has 0 aromatic heterocycles. The summed E-state index contributed by atoms with van der Waals surface area (Å²) in [7, 11) is 0. The van der Waals surface area contributed by atoms with E-state index in [1.54, 1.807) is 0 Å². The van der Waals surface area contributed by atoms with Crippen LogP contribution >= 0.6 is 0 Å². The lowest BCUT2D eigenvalue weighted by molar-refractivity contribution is -0.127. The molecule has 25 heavy (non-hydrogen) atoms. The summed E-state index contributed by atoms with van der Waals surface area (Å²) in [5, 5.41) is 6.02. The molecule has 0 bridgehead atoms. The summed E-state index contributed by atoms with van der Waals surface area (Å²) >= 11 is 0. The van der Waals surface area contributed by atoms with Gasteiger partial charge in [-0.05, 0) is 42.6 Å². The van der Waals surface area contributed by atoms with Crippen molar-refractivity contribution in [3.8, 4) is 5.75 Å². The van der Waals surface area contributed by atoms with Crippen molar-refractivity contribution in [2.45, 2.75) is 39.2 Å². The van der Waals surface area contributed by atoms with E-state index in [4.69, 9.17) is 4.74 Å². The van der Waals surface area contributed by atoms with Gasteiger partial charge in [0.1, 0.15) is 5.75 Å². The van der Waals surface area contributed by atoms with Crippen LogP contribution in [0.15, 0.2) is 36.4 Å². The minimum absolute atomic E-state index is 0.310. The number of nitrogens with one attached hydrogen (secondary N) is 1. The van der Waals surface area contributed by atoms with Crippen molar-refractivity contribution >= 4 is 16.7 Å². The molecule has 1 aliphatic heterocycles. The standard InChI is InChI=1S/C21H28N2O2/c1-2-15-25-20-11-10-17-7-3-4-8-18(17)19(20)16-22-12-6-14-23-13-5-9-21(23)24/h3-4,7-8,10-11,22H,2,5-6,9,12-16H2,1H3. The molecule has 3 rings (SSSR count). The maximum Gasteiger partial charge on any atom is 0.222 e. The zero-order valence-electron chi connectivity index (χ0n) is 15.1. The van der Waals surface area contributed by atoms with E-state index >= 15 is 0 Å². The van der Waals surface area contributed by atoms with Crippen molar-refractivity contribution in [3.05, 3.63) is 42.0 Å². The second kappa shape index (κ2) is 8.86. The molecular formula is C21H28N2O2. The predicted molar refractivity (Wildman–Crippen MR) is 102 cm³/mol. The van der Waals surface area contributed by atoms with Crippen LogP contribution in [0.2, 0.25) is 0 Å². The van der Waals surface area contributed by atoms with Crippen molar-refractivity contribution in [1.29, 1.82) is 0 Å². The number of carbonyl (C=O) groups excluding carboxylic acids is 1. The van der Waals surface area contributed by atoms with Crippen LogP contribution < -0.4 is 10.1 Å². The Bertz CT molecular complexity index is 714. The Balaban J connectivity index is 1.59.